The molecule has 31 heavy (non-hydrogen) atoms. The summed E-state index contributed by atoms with van der Waals surface area (Å²) in [7, 11) is 0. The molecule has 1 fully saturated rings. The Balaban J connectivity index is 1.73. The second kappa shape index (κ2) is 9.65. The number of hydrogen-bond donors (Lipinski definition) is 1. The number of carbonyl (C=O) groups is 2. The maximum atomic E-state index is 12.0. The number of carbonyl (C=O) groups excluding carboxylic acids is 2. The first-order valence-electron chi connectivity index (χ1n) is 10.5. The molecule has 2 amide bonds. The molecule has 1 saturated heterocycles. The van der Waals surface area contributed by atoms with E-state index in [1.807, 2.05) is 19.9 Å². The summed E-state index contributed by atoms with van der Waals surface area (Å²) in [6.07, 6.45) is 2.22. The van der Waals surface area contributed by atoms with Gasteiger partial charge < -0.3 is 20.1 Å². The van der Waals surface area contributed by atoms with Gasteiger partial charge in [-0.3, -0.25) is 14.6 Å². The van der Waals surface area contributed by atoms with Gasteiger partial charge in [-0.05, 0) is 50.3 Å². The zero-order chi connectivity index (χ0) is 22.5. The molecule has 2 N–H and O–H groups in total. The van der Waals surface area contributed by atoms with Gasteiger partial charge in [-0.15, -0.1) is 0 Å². The lowest BCUT2D eigenvalue weighted by atomic mass is 9.95. The lowest BCUT2D eigenvalue weighted by Crippen LogP contribution is -2.28. The number of likely N-dealkylation sites (tertiary alicyclic amines) is 1. The maximum Gasteiger partial charge on any atom is 0.252 e. The number of primary amides is 1. The topological polar surface area (TPSA) is 119 Å². The van der Waals surface area contributed by atoms with Crippen LogP contribution in [0.3, 0.4) is 0 Å². The summed E-state index contributed by atoms with van der Waals surface area (Å²) in [6, 6.07) is 7.08. The van der Waals surface area contributed by atoms with Gasteiger partial charge in [-0.25, -0.2) is 0 Å². The van der Waals surface area contributed by atoms with Gasteiger partial charge in [0.15, 0.2) is 0 Å². The van der Waals surface area contributed by atoms with Crippen molar-refractivity contribution in [1.29, 1.82) is 5.26 Å². The Morgan fingerprint density at radius 1 is 1.32 bits per heavy atom. The van der Waals surface area contributed by atoms with Crippen LogP contribution in [0.4, 0.5) is 0 Å². The van der Waals surface area contributed by atoms with Gasteiger partial charge >= 0.3 is 0 Å². The molecule has 0 aliphatic carbocycles. The Hall–Kier alpha value is -3.34. The summed E-state index contributed by atoms with van der Waals surface area (Å²) in [5, 5.41) is 9.48. The van der Waals surface area contributed by atoms with Crippen molar-refractivity contribution in [3.8, 4) is 17.6 Å². The highest BCUT2D eigenvalue weighted by atomic mass is 16.5. The first-order valence-corrected chi connectivity index (χ1v) is 10.5. The van der Waals surface area contributed by atoms with E-state index < -0.39 is 5.91 Å². The van der Waals surface area contributed by atoms with Crippen LogP contribution in [0.2, 0.25) is 0 Å². The highest BCUT2D eigenvalue weighted by Crippen LogP contribution is 2.32. The van der Waals surface area contributed by atoms with Gasteiger partial charge in [0.2, 0.25) is 5.91 Å². The van der Waals surface area contributed by atoms with E-state index in [4.69, 9.17) is 20.5 Å². The number of aromatic nitrogens is 1. The molecule has 0 radical (unpaired) electrons. The summed E-state index contributed by atoms with van der Waals surface area (Å²) in [5.41, 5.74) is 6.40. The van der Waals surface area contributed by atoms with Crippen LogP contribution in [0.5, 0.6) is 11.5 Å². The number of benzene rings is 1. The van der Waals surface area contributed by atoms with Crippen molar-refractivity contribution in [1.82, 2.24) is 9.88 Å². The van der Waals surface area contributed by atoms with E-state index in [1.54, 1.807) is 29.3 Å². The van der Waals surface area contributed by atoms with Crippen LogP contribution in [0.15, 0.2) is 24.4 Å². The predicted octanol–water partition coefficient (Wildman–Crippen LogP) is 2.90. The molecule has 1 aromatic heterocycles. The summed E-state index contributed by atoms with van der Waals surface area (Å²) in [6.45, 7) is 7.68. The fourth-order valence-corrected chi connectivity index (χ4v) is 3.93. The minimum Gasteiger partial charge on any atom is -0.493 e. The maximum absolute atomic E-state index is 12.0. The zero-order valence-electron chi connectivity index (χ0n) is 18.1. The van der Waals surface area contributed by atoms with Crippen molar-refractivity contribution in [3.63, 3.8) is 0 Å². The molecule has 1 aromatic carbocycles. The summed E-state index contributed by atoms with van der Waals surface area (Å²) in [5.74, 6) is 1.04. The van der Waals surface area contributed by atoms with Crippen LogP contribution in [0.25, 0.3) is 10.9 Å². The van der Waals surface area contributed by atoms with Crippen molar-refractivity contribution < 1.29 is 19.1 Å². The van der Waals surface area contributed by atoms with Crippen molar-refractivity contribution in [2.45, 2.75) is 39.7 Å². The lowest BCUT2D eigenvalue weighted by molar-refractivity contribution is -0.129. The van der Waals surface area contributed by atoms with Gasteiger partial charge in [0, 0.05) is 24.7 Å². The molecule has 0 bridgehead atoms. The van der Waals surface area contributed by atoms with Crippen molar-refractivity contribution in [2.75, 3.05) is 19.7 Å². The molecule has 8 nitrogen and oxygen atoms in total. The van der Waals surface area contributed by atoms with Gasteiger partial charge in [0.05, 0.1) is 29.9 Å². The molecule has 8 heteroatoms. The van der Waals surface area contributed by atoms with Crippen molar-refractivity contribution in [2.24, 2.45) is 17.6 Å². The van der Waals surface area contributed by atoms with E-state index in [2.05, 4.69) is 11.9 Å². The summed E-state index contributed by atoms with van der Waals surface area (Å²) >= 11 is 0. The predicted molar refractivity (Wildman–Crippen MR) is 116 cm³/mol. The second-order valence-electron chi connectivity index (χ2n) is 8.21. The number of nitriles is 1. The third-order valence-electron chi connectivity index (χ3n) is 5.53. The molecular weight excluding hydrogens is 396 g/mol. The van der Waals surface area contributed by atoms with Crippen LogP contribution >= 0.6 is 0 Å². The molecule has 1 aliphatic heterocycles. The number of nitrogens with zero attached hydrogens (tertiary/aromatic N) is 3. The Labute approximate surface area is 181 Å². The molecular formula is C23H28N4O4. The third-order valence-corrected chi connectivity index (χ3v) is 5.53. The average molecular weight is 425 g/mol. The van der Waals surface area contributed by atoms with Crippen LogP contribution in [-0.4, -0.2) is 47.5 Å². The van der Waals surface area contributed by atoms with Crippen LogP contribution in [0.1, 0.15) is 44.0 Å². The molecule has 0 unspecified atom stereocenters. The number of fused-ring (bicyclic) bond motifs is 1. The molecule has 164 valence electrons. The number of ether oxygens (including phenoxy) is 2. The number of rotatable bonds is 8. The van der Waals surface area contributed by atoms with Gasteiger partial charge in [-0.1, -0.05) is 6.92 Å². The van der Waals surface area contributed by atoms with Gasteiger partial charge in [0.1, 0.15) is 17.9 Å². The summed E-state index contributed by atoms with van der Waals surface area (Å²) < 4.78 is 11.8. The standard InChI is InChI=1S/C23H28N4O4/c1-14(2)31-21-11-17-19(10-18(21)23(25)29)26-8-5-20(17)30-9-6-16-13-27(12-15(16)3)22(28)4-7-24/h5,8,10-11,14-16H,4,6,9,12-13H2,1-3H3,(H2,25,29)/t15-,16-/m0/s1. The van der Waals surface area contributed by atoms with Gasteiger partial charge in [0.25, 0.3) is 5.91 Å². The van der Waals surface area contributed by atoms with E-state index >= 15 is 0 Å². The molecule has 0 saturated carbocycles. The largest absolute Gasteiger partial charge is 0.493 e. The minimum absolute atomic E-state index is 0.0764. The third kappa shape index (κ3) is 5.23. The van der Waals surface area contributed by atoms with Crippen molar-refractivity contribution in [3.05, 3.63) is 30.0 Å². The quantitative estimate of drug-likeness (QED) is 0.696. The second-order valence-corrected chi connectivity index (χ2v) is 8.21. The smallest absolute Gasteiger partial charge is 0.252 e. The number of nitrogens with two attached hydrogens (primary N) is 1. The number of amides is 2. The zero-order valence-corrected chi connectivity index (χ0v) is 18.1. The van der Waals surface area contributed by atoms with Gasteiger partial charge in [-0.2, -0.15) is 5.26 Å². The molecule has 2 aromatic rings. The average Bonchev–Trinajstić information content (AvgIpc) is 3.08. The van der Waals surface area contributed by atoms with E-state index in [9.17, 15) is 9.59 Å². The molecule has 3 rings (SSSR count). The number of pyridine rings is 1. The Kier molecular flexibility index (Phi) is 6.95. The SMILES string of the molecule is CC(C)Oc1cc2c(OCC[C@H]3CN(C(=O)CC#N)C[C@@H]3C)ccnc2cc1C(N)=O. The lowest BCUT2D eigenvalue weighted by Gasteiger charge is -2.17. The monoisotopic (exact) mass is 424 g/mol. The van der Waals surface area contributed by atoms with E-state index in [-0.39, 0.29) is 24.0 Å². The normalized spacial score (nSPS) is 18.2. The van der Waals surface area contributed by atoms with Crippen LogP contribution in [0, 0.1) is 23.2 Å². The fourth-order valence-electron chi connectivity index (χ4n) is 3.93. The van der Waals surface area contributed by atoms with Crippen LogP contribution in [-0.2, 0) is 4.79 Å². The van der Waals surface area contributed by atoms with Crippen LogP contribution < -0.4 is 15.2 Å². The first kappa shape index (κ1) is 22.3. The van der Waals surface area contributed by atoms with E-state index in [0.29, 0.717) is 48.5 Å². The molecule has 2 atom stereocenters. The first-order chi connectivity index (χ1) is 14.8. The minimum atomic E-state index is -0.573. The summed E-state index contributed by atoms with van der Waals surface area (Å²) in [4.78, 5) is 29.9. The Morgan fingerprint density at radius 3 is 2.77 bits per heavy atom. The van der Waals surface area contributed by atoms with E-state index in [1.165, 1.54) is 0 Å². The highest BCUT2D eigenvalue weighted by molar-refractivity contribution is 6.01. The Morgan fingerprint density at radius 2 is 2.10 bits per heavy atom. The fraction of sp³-hybridized carbons (Fsp3) is 0.478. The van der Waals surface area contributed by atoms with E-state index in [0.717, 1.165) is 11.8 Å². The molecule has 1 aliphatic rings. The highest BCUT2D eigenvalue weighted by Gasteiger charge is 2.32. The van der Waals surface area contributed by atoms with Crippen molar-refractivity contribution >= 4 is 22.7 Å². The molecule has 0 spiro atoms. The number of hydrogen-bond acceptors (Lipinski definition) is 6. The molecule has 2 heterocycles. The Bertz CT molecular complexity index is 1010.